The Morgan fingerprint density at radius 3 is 1.84 bits per heavy atom. The lowest BCUT2D eigenvalue weighted by molar-refractivity contribution is -0.139. The fraction of sp³-hybridized carbons (Fsp3) is 0.269. The number of rotatable bonds is 7. The second-order valence-electron chi connectivity index (χ2n) is 7.40. The second kappa shape index (κ2) is 10.1. The van der Waals surface area contributed by atoms with Crippen LogP contribution >= 0.6 is 0 Å². The average Bonchev–Trinajstić information content (AvgIpc) is 2.79. The number of ketones is 1. The zero-order valence-corrected chi connectivity index (χ0v) is 18.7. The summed E-state index contributed by atoms with van der Waals surface area (Å²) in [6.07, 6.45) is 0. The molecule has 0 saturated carbocycles. The summed E-state index contributed by atoms with van der Waals surface area (Å²) in [5.41, 5.74) is 3.50. The standard InChI is InChI=1S/C26H27NO5/c1-5-31-25(29)21-16(3)27-17(4)22(26(30)32-6-2)23(21)19-13-10-14-20(15-19)24(28)18-11-8-7-9-12-18/h7-15,23,27H,5-6H2,1-4H3. The fourth-order valence-electron chi connectivity index (χ4n) is 3.90. The first kappa shape index (κ1) is 23.0. The van der Waals surface area contributed by atoms with Crippen LogP contribution < -0.4 is 5.32 Å². The lowest BCUT2D eigenvalue weighted by Crippen LogP contribution is -2.32. The summed E-state index contributed by atoms with van der Waals surface area (Å²) in [5, 5.41) is 3.11. The molecule has 2 aromatic carbocycles. The van der Waals surface area contributed by atoms with Crippen LogP contribution in [0.1, 0.15) is 55.1 Å². The zero-order valence-electron chi connectivity index (χ0n) is 18.7. The number of carbonyl (C=O) groups excluding carboxylic acids is 3. The third-order valence-corrected chi connectivity index (χ3v) is 5.27. The molecule has 1 aliphatic rings. The molecule has 1 aliphatic heterocycles. The normalized spacial score (nSPS) is 14.1. The Labute approximate surface area is 187 Å². The number of hydrogen-bond donors (Lipinski definition) is 1. The van der Waals surface area contributed by atoms with Crippen molar-refractivity contribution in [3.05, 3.63) is 93.8 Å². The van der Waals surface area contributed by atoms with Crippen molar-refractivity contribution in [2.75, 3.05) is 13.2 Å². The first-order chi connectivity index (χ1) is 15.4. The van der Waals surface area contributed by atoms with Gasteiger partial charge in [-0.2, -0.15) is 0 Å². The van der Waals surface area contributed by atoms with Gasteiger partial charge in [0.1, 0.15) is 0 Å². The number of ether oxygens (including phenoxy) is 2. The van der Waals surface area contributed by atoms with E-state index in [4.69, 9.17) is 9.47 Å². The number of benzene rings is 2. The van der Waals surface area contributed by atoms with Gasteiger partial charge in [0.05, 0.1) is 30.3 Å². The number of nitrogens with one attached hydrogen (secondary N) is 1. The minimum Gasteiger partial charge on any atom is -0.463 e. The van der Waals surface area contributed by atoms with Crippen molar-refractivity contribution in [1.82, 2.24) is 5.32 Å². The number of esters is 2. The Bertz CT molecular complexity index is 1060. The summed E-state index contributed by atoms with van der Waals surface area (Å²) in [6.45, 7) is 7.39. The highest BCUT2D eigenvalue weighted by Gasteiger charge is 2.38. The van der Waals surface area contributed by atoms with E-state index in [1.165, 1.54) is 0 Å². The van der Waals surface area contributed by atoms with Gasteiger partial charge in [-0.15, -0.1) is 0 Å². The molecular weight excluding hydrogens is 406 g/mol. The van der Waals surface area contributed by atoms with Crippen LogP contribution in [0.5, 0.6) is 0 Å². The van der Waals surface area contributed by atoms with Crippen LogP contribution in [0.4, 0.5) is 0 Å². The molecule has 0 bridgehead atoms. The second-order valence-corrected chi connectivity index (χ2v) is 7.40. The molecule has 0 amide bonds. The Kier molecular flexibility index (Phi) is 7.25. The summed E-state index contributed by atoms with van der Waals surface area (Å²) < 4.78 is 10.6. The van der Waals surface area contributed by atoms with Crippen molar-refractivity contribution in [3.63, 3.8) is 0 Å². The van der Waals surface area contributed by atoms with Crippen molar-refractivity contribution in [1.29, 1.82) is 0 Å². The minimum atomic E-state index is -0.724. The van der Waals surface area contributed by atoms with Gasteiger partial charge in [-0.1, -0.05) is 48.5 Å². The van der Waals surface area contributed by atoms with Crippen molar-refractivity contribution in [2.45, 2.75) is 33.6 Å². The maximum Gasteiger partial charge on any atom is 0.336 e. The molecule has 32 heavy (non-hydrogen) atoms. The van der Waals surface area contributed by atoms with E-state index in [1.54, 1.807) is 76.2 Å². The summed E-state index contributed by atoms with van der Waals surface area (Å²) in [4.78, 5) is 38.8. The maximum atomic E-state index is 13.0. The van der Waals surface area contributed by atoms with E-state index in [9.17, 15) is 14.4 Å². The van der Waals surface area contributed by atoms with E-state index in [2.05, 4.69) is 5.32 Å². The van der Waals surface area contributed by atoms with Crippen molar-refractivity contribution >= 4 is 17.7 Å². The molecular formula is C26H27NO5. The van der Waals surface area contributed by atoms with E-state index in [-0.39, 0.29) is 19.0 Å². The van der Waals surface area contributed by atoms with Crippen LogP contribution in [0.3, 0.4) is 0 Å². The van der Waals surface area contributed by atoms with E-state index in [0.29, 0.717) is 39.2 Å². The van der Waals surface area contributed by atoms with Crippen molar-refractivity contribution in [3.8, 4) is 0 Å². The van der Waals surface area contributed by atoms with Crippen LogP contribution in [-0.4, -0.2) is 30.9 Å². The highest BCUT2D eigenvalue weighted by Crippen LogP contribution is 2.39. The third kappa shape index (κ3) is 4.64. The number of carbonyl (C=O) groups is 3. The topological polar surface area (TPSA) is 81.7 Å². The number of hydrogen-bond acceptors (Lipinski definition) is 6. The molecule has 3 rings (SSSR count). The molecule has 2 aromatic rings. The summed E-state index contributed by atoms with van der Waals surface area (Å²) in [5.74, 6) is -1.90. The molecule has 0 saturated heterocycles. The molecule has 0 spiro atoms. The van der Waals surface area contributed by atoms with E-state index < -0.39 is 17.9 Å². The van der Waals surface area contributed by atoms with Crippen LogP contribution in [-0.2, 0) is 19.1 Å². The quantitative estimate of drug-likeness (QED) is 0.519. The van der Waals surface area contributed by atoms with Gasteiger partial charge >= 0.3 is 11.9 Å². The predicted octanol–water partition coefficient (Wildman–Crippen LogP) is 4.28. The molecule has 0 radical (unpaired) electrons. The van der Waals surface area contributed by atoms with E-state index >= 15 is 0 Å². The molecule has 6 nitrogen and oxygen atoms in total. The highest BCUT2D eigenvalue weighted by atomic mass is 16.5. The lowest BCUT2D eigenvalue weighted by atomic mass is 9.79. The number of dihydropyridines is 1. The molecule has 6 heteroatoms. The number of allylic oxidation sites excluding steroid dienone is 2. The van der Waals surface area contributed by atoms with Gasteiger partial charge < -0.3 is 14.8 Å². The first-order valence-electron chi connectivity index (χ1n) is 10.6. The van der Waals surface area contributed by atoms with Gasteiger partial charge in [-0.25, -0.2) is 9.59 Å². The predicted molar refractivity (Wildman–Crippen MR) is 121 cm³/mol. The molecule has 0 unspecified atom stereocenters. The lowest BCUT2D eigenvalue weighted by Gasteiger charge is -2.30. The third-order valence-electron chi connectivity index (χ3n) is 5.27. The SMILES string of the molecule is CCOC(=O)C1=C(C)NC(C)=C(C(=O)OCC)C1c1cccc(C(=O)c2ccccc2)c1. The van der Waals surface area contributed by atoms with Gasteiger partial charge in [-0.05, 0) is 39.3 Å². The smallest absolute Gasteiger partial charge is 0.336 e. The highest BCUT2D eigenvalue weighted by molar-refractivity contribution is 6.09. The fourth-order valence-corrected chi connectivity index (χ4v) is 3.90. The molecule has 1 N–H and O–H groups in total. The Hall–Kier alpha value is -3.67. The molecule has 0 aromatic heterocycles. The largest absolute Gasteiger partial charge is 0.463 e. The van der Waals surface area contributed by atoms with Crippen LogP contribution in [0.25, 0.3) is 0 Å². The summed E-state index contributed by atoms with van der Waals surface area (Å²) >= 11 is 0. The van der Waals surface area contributed by atoms with Crippen LogP contribution in [0.2, 0.25) is 0 Å². The zero-order chi connectivity index (χ0) is 23.3. The summed E-state index contributed by atoms with van der Waals surface area (Å²) in [6, 6.07) is 16.0. The average molecular weight is 434 g/mol. The monoisotopic (exact) mass is 433 g/mol. The molecule has 166 valence electrons. The Morgan fingerprint density at radius 1 is 0.781 bits per heavy atom. The van der Waals surface area contributed by atoms with Gasteiger partial charge in [0.25, 0.3) is 0 Å². The summed E-state index contributed by atoms with van der Waals surface area (Å²) in [7, 11) is 0. The van der Waals surface area contributed by atoms with Crippen molar-refractivity contribution < 1.29 is 23.9 Å². The maximum absolute atomic E-state index is 13.0. The Morgan fingerprint density at radius 2 is 1.31 bits per heavy atom. The molecule has 1 heterocycles. The van der Waals surface area contributed by atoms with Gasteiger partial charge in [0.2, 0.25) is 0 Å². The Balaban J connectivity index is 2.14. The van der Waals surface area contributed by atoms with Gasteiger partial charge in [-0.3, -0.25) is 4.79 Å². The molecule has 0 aliphatic carbocycles. The minimum absolute atomic E-state index is 0.141. The van der Waals surface area contributed by atoms with Gasteiger partial charge in [0.15, 0.2) is 5.78 Å². The van der Waals surface area contributed by atoms with E-state index in [1.807, 2.05) is 6.07 Å². The first-order valence-corrected chi connectivity index (χ1v) is 10.6. The van der Waals surface area contributed by atoms with Gasteiger partial charge in [0, 0.05) is 22.5 Å². The molecule has 0 fully saturated rings. The van der Waals surface area contributed by atoms with Crippen molar-refractivity contribution in [2.24, 2.45) is 0 Å². The van der Waals surface area contributed by atoms with Crippen LogP contribution in [0, 0.1) is 0 Å². The van der Waals surface area contributed by atoms with Crippen LogP contribution in [0.15, 0.2) is 77.1 Å². The van der Waals surface area contributed by atoms with E-state index in [0.717, 1.165) is 0 Å². The molecule has 0 atom stereocenters.